The molecular weight excluding hydrogens is 334 g/mol. The highest BCUT2D eigenvalue weighted by molar-refractivity contribution is 7.07. The van der Waals surface area contributed by atoms with Crippen LogP contribution in [0.1, 0.15) is 31.2 Å². The van der Waals surface area contributed by atoms with E-state index in [9.17, 15) is 4.79 Å². The fourth-order valence-electron chi connectivity index (χ4n) is 4.06. The third-order valence-corrected chi connectivity index (χ3v) is 6.22. The molecule has 3 rings (SSSR count). The molecule has 3 heterocycles. The molecule has 0 saturated carbocycles. The van der Waals surface area contributed by atoms with E-state index in [1.54, 1.807) is 18.4 Å². The maximum Gasteiger partial charge on any atom is 0.224 e. The summed E-state index contributed by atoms with van der Waals surface area (Å²) < 4.78 is 5.01. The first-order valence-electron chi connectivity index (χ1n) is 9.50. The van der Waals surface area contributed by atoms with Crippen molar-refractivity contribution in [2.75, 3.05) is 46.4 Å². The second-order valence-corrected chi connectivity index (χ2v) is 8.04. The van der Waals surface area contributed by atoms with Crippen molar-refractivity contribution in [1.82, 2.24) is 15.1 Å². The van der Waals surface area contributed by atoms with Gasteiger partial charge in [0.15, 0.2) is 0 Å². The quantitative estimate of drug-likeness (QED) is 0.753. The Morgan fingerprint density at radius 3 is 2.88 bits per heavy atom. The number of hydrogen-bond donors (Lipinski definition) is 1. The summed E-state index contributed by atoms with van der Waals surface area (Å²) in [6.45, 7) is 6.70. The first-order valence-corrected chi connectivity index (χ1v) is 10.4. The zero-order valence-corrected chi connectivity index (χ0v) is 16.1. The van der Waals surface area contributed by atoms with E-state index >= 15 is 0 Å². The average Bonchev–Trinajstić information content (AvgIpc) is 3.16. The first-order chi connectivity index (χ1) is 12.3. The van der Waals surface area contributed by atoms with Crippen molar-refractivity contribution in [3.63, 3.8) is 0 Å². The van der Waals surface area contributed by atoms with Crippen LogP contribution in [0.4, 0.5) is 0 Å². The number of piperidine rings is 2. The van der Waals surface area contributed by atoms with Gasteiger partial charge in [-0.05, 0) is 67.7 Å². The van der Waals surface area contributed by atoms with Crippen LogP contribution in [-0.2, 0) is 16.1 Å². The first kappa shape index (κ1) is 18.8. The van der Waals surface area contributed by atoms with E-state index in [2.05, 4.69) is 31.9 Å². The average molecular weight is 366 g/mol. The summed E-state index contributed by atoms with van der Waals surface area (Å²) in [7, 11) is 1.67. The predicted molar refractivity (Wildman–Crippen MR) is 102 cm³/mol. The van der Waals surface area contributed by atoms with Crippen molar-refractivity contribution in [2.24, 2.45) is 5.92 Å². The molecule has 1 atom stereocenters. The highest BCUT2D eigenvalue weighted by atomic mass is 32.1. The number of ether oxygens (including phenoxy) is 1. The number of nitrogens with zero attached hydrogens (tertiary/aromatic N) is 2. The van der Waals surface area contributed by atoms with Gasteiger partial charge in [-0.3, -0.25) is 14.6 Å². The van der Waals surface area contributed by atoms with Crippen LogP contribution in [0.25, 0.3) is 0 Å². The standard InChI is InChI=1S/C19H31N3O2S/c1-24-11-7-20-19(23)17-3-2-8-22(14-17)18-4-9-21(10-5-18)13-16-6-12-25-15-16/h6,12,15,17-18H,2-5,7-11,13-14H2,1H3,(H,20,23)/t17-/m1/s1. The molecule has 2 fully saturated rings. The molecule has 5 nitrogen and oxygen atoms in total. The van der Waals surface area contributed by atoms with Gasteiger partial charge in [0.25, 0.3) is 0 Å². The molecule has 0 aromatic carbocycles. The zero-order valence-electron chi connectivity index (χ0n) is 15.3. The van der Waals surface area contributed by atoms with Crippen LogP contribution in [0.2, 0.25) is 0 Å². The van der Waals surface area contributed by atoms with Gasteiger partial charge < -0.3 is 10.1 Å². The minimum absolute atomic E-state index is 0.148. The summed E-state index contributed by atoms with van der Waals surface area (Å²) in [5.74, 6) is 0.353. The lowest BCUT2D eigenvalue weighted by Gasteiger charge is -2.42. The Hall–Kier alpha value is -0.950. The van der Waals surface area contributed by atoms with Gasteiger partial charge in [0.1, 0.15) is 0 Å². The lowest BCUT2D eigenvalue weighted by atomic mass is 9.93. The zero-order chi connectivity index (χ0) is 17.5. The fraction of sp³-hybridized carbons (Fsp3) is 0.737. The number of rotatable bonds is 7. The molecule has 0 aliphatic carbocycles. The fourth-order valence-corrected chi connectivity index (χ4v) is 4.72. The second-order valence-electron chi connectivity index (χ2n) is 7.26. The molecule has 0 bridgehead atoms. The second kappa shape index (κ2) is 9.67. The number of likely N-dealkylation sites (tertiary alicyclic amines) is 2. The maximum absolute atomic E-state index is 12.3. The normalized spacial score (nSPS) is 23.6. The molecule has 2 aliphatic heterocycles. The monoisotopic (exact) mass is 365 g/mol. The molecule has 0 unspecified atom stereocenters. The number of amides is 1. The Morgan fingerprint density at radius 2 is 2.16 bits per heavy atom. The molecule has 1 amide bonds. The van der Waals surface area contributed by atoms with Gasteiger partial charge in [-0.2, -0.15) is 11.3 Å². The van der Waals surface area contributed by atoms with E-state index in [1.165, 1.54) is 31.5 Å². The molecule has 1 aromatic heterocycles. The molecule has 140 valence electrons. The van der Waals surface area contributed by atoms with Gasteiger partial charge in [-0.1, -0.05) is 0 Å². The molecule has 2 aliphatic rings. The maximum atomic E-state index is 12.3. The van der Waals surface area contributed by atoms with Crippen LogP contribution in [0.3, 0.4) is 0 Å². The smallest absolute Gasteiger partial charge is 0.224 e. The summed E-state index contributed by atoms with van der Waals surface area (Å²) in [6.07, 6.45) is 4.61. The van der Waals surface area contributed by atoms with Crippen molar-refractivity contribution in [1.29, 1.82) is 0 Å². The van der Waals surface area contributed by atoms with Crippen LogP contribution < -0.4 is 5.32 Å². The van der Waals surface area contributed by atoms with E-state index in [0.717, 1.165) is 32.5 Å². The van der Waals surface area contributed by atoms with Crippen molar-refractivity contribution < 1.29 is 9.53 Å². The number of carbonyl (C=O) groups is 1. The summed E-state index contributed by atoms with van der Waals surface area (Å²) in [6, 6.07) is 2.88. The summed E-state index contributed by atoms with van der Waals surface area (Å²) in [4.78, 5) is 17.5. The summed E-state index contributed by atoms with van der Waals surface area (Å²) in [5.41, 5.74) is 1.44. The highest BCUT2D eigenvalue weighted by Crippen LogP contribution is 2.25. The molecule has 25 heavy (non-hydrogen) atoms. The molecule has 0 radical (unpaired) electrons. The largest absolute Gasteiger partial charge is 0.383 e. The van der Waals surface area contributed by atoms with Crippen LogP contribution in [0.15, 0.2) is 16.8 Å². The van der Waals surface area contributed by atoms with E-state index in [0.29, 0.717) is 19.2 Å². The Labute approximate surface area is 155 Å². The minimum Gasteiger partial charge on any atom is -0.383 e. The van der Waals surface area contributed by atoms with E-state index in [-0.39, 0.29) is 11.8 Å². The summed E-state index contributed by atoms with van der Waals surface area (Å²) >= 11 is 1.78. The van der Waals surface area contributed by atoms with Crippen molar-refractivity contribution >= 4 is 17.2 Å². The van der Waals surface area contributed by atoms with Gasteiger partial charge in [0.05, 0.1) is 12.5 Å². The van der Waals surface area contributed by atoms with Gasteiger partial charge in [0.2, 0.25) is 5.91 Å². The Kier molecular flexibility index (Phi) is 7.28. The van der Waals surface area contributed by atoms with E-state index < -0.39 is 0 Å². The molecule has 6 heteroatoms. The van der Waals surface area contributed by atoms with Crippen molar-refractivity contribution in [3.8, 4) is 0 Å². The Bertz CT molecular complexity index is 515. The number of thiophene rings is 1. The van der Waals surface area contributed by atoms with Gasteiger partial charge >= 0.3 is 0 Å². The third kappa shape index (κ3) is 5.51. The van der Waals surface area contributed by atoms with Crippen LogP contribution in [0.5, 0.6) is 0 Å². The molecule has 0 spiro atoms. The lowest BCUT2D eigenvalue weighted by molar-refractivity contribution is -0.127. The third-order valence-electron chi connectivity index (χ3n) is 5.49. The van der Waals surface area contributed by atoms with Gasteiger partial charge in [-0.25, -0.2) is 0 Å². The Morgan fingerprint density at radius 1 is 1.32 bits per heavy atom. The Balaban J connectivity index is 1.42. The predicted octanol–water partition coefficient (Wildman–Crippen LogP) is 2.19. The molecule has 1 aromatic rings. The topological polar surface area (TPSA) is 44.8 Å². The molecule has 2 saturated heterocycles. The van der Waals surface area contributed by atoms with Gasteiger partial charge in [0, 0.05) is 32.8 Å². The number of nitrogens with one attached hydrogen (secondary N) is 1. The lowest BCUT2D eigenvalue weighted by Crippen LogP contribution is -2.50. The van der Waals surface area contributed by atoms with Crippen LogP contribution in [-0.4, -0.2) is 68.2 Å². The summed E-state index contributed by atoms with van der Waals surface area (Å²) in [5, 5.41) is 7.42. The van der Waals surface area contributed by atoms with Crippen molar-refractivity contribution in [3.05, 3.63) is 22.4 Å². The number of carbonyl (C=O) groups excluding carboxylic acids is 1. The molecular formula is C19H31N3O2S. The van der Waals surface area contributed by atoms with E-state index in [4.69, 9.17) is 4.74 Å². The number of methoxy groups -OCH3 is 1. The van der Waals surface area contributed by atoms with Crippen LogP contribution >= 0.6 is 11.3 Å². The van der Waals surface area contributed by atoms with Gasteiger partial charge in [-0.15, -0.1) is 0 Å². The van der Waals surface area contributed by atoms with E-state index in [1.807, 2.05) is 0 Å². The SMILES string of the molecule is COCCNC(=O)[C@@H]1CCCN(C2CCN(Cc3ccsc3)CC2)C1. The number of hydrogen-bond acceptors (Lipinski definition) is 5. The molecule has 1 N–H and O–H groups in total. The minimum atomic E-state index is 0.148. The van der Waals surface area contributed by atoms with Crippen LogP contribution in [0, 0.1) is 5.92 Å². The highest BCUT2D eigenvalue weighted by Gasteiger charge is 2.31. The van der Waals surface area contributed by atoms with Crippen molar-refractivity contribution in [2.45, 2.75) is 38.3 Å².